The van der Waals surface area contributed by atoms with Crippen LogP contribution in [0, 0.1) is 11.3 Å². The Balaban J connectivity index is 2.00. The molecule has 2 rings (SSSR count). The normalized spacial score (nSPS) is 43.4. The van der Waals surface area contributed by atoms with Gasteiger partial charge in [0.25, 0.3) is 0 Å². The fourth-order valence-electron chi connectivity index (χ4n) is 2.52. The number of hydrogen-bond donors (Lipinski definition) is 0. The molecule has 0 bridgehead atoms. The molecular formula is C10H18O. The lowest BCUT2D eigenvalue weighted by molar-refractivity contribution is -0.209. The van der Waals surface area contributed by atoms with Gasteiger partial charge in [-0.25, -0.2) is 0 Å². The highest BCUT2D eigenvalue weighted by molar-refractivity contribution is 4.97. The zero-order valence-corrected chi connectivity index (χ0v) is 7.76. The molecule has 0 spiro atoms. The molecule has 1 heterocycles. The van der Waals surface area contributed by atoms with E-state index in [0.29, 0.717) is 17.6 Å². The van der Waals surface area contributed by atoms with E-state index in [9.17, 15) is 0 Å². The quantitative estimate of drug-likeness (QED) is 0.521. The van der Waals surface area contributed by atoms with Gasteiger partial charge in [-0.2, -0.15) is 0 Å². The predicted molar refractivity (Wildman–Crippen MR) is 45.5 cm³/mol. The van der Waals surface area contributed by atoms with E-state index in [1.54, 1.807) is 0 Å². The molecule has 1 heteroatoms. The van der Waals surface area contributed by atoms with Crippen molar-refractivity contribution >= 4 is 0 Å². The van der Waals surface area contributed by atoms with Crippen molar-refractivity contribution in [2.45, 2.75) is 52.2 Å². The van der Waals surface area contributed by atoms with Crippen molar-refractivity contribution in [3.05, 3.63) is 0 Å². The summed E-state index contributed by atoms with van der Waals surface area (Å²) in [4.78, 5) is 0. The first kappa shape index (κ1) is 7.60. The lowest BCUT2D eigenvalue weighted by atomic mass is 9.76. The Kier molecular flexibility index (Phi) is 1.54. The summed E-state index contributed by atoms with van der Waals surface area (Å²) in [6.07, 6.45) is 5.31. The van der Waals surface area contributed by atoms with E-state index >= 15 is 0 Å². The SMILES string of the molecule is CC(C)(C)C1OC2CCCC21. The van der Waals surface area contributed by atoms with Gasteiger partial charge < -0.3 is 4.74 Å². The van der Waals surface area contributed by atoms with Crippen molar-refractivity contribution in [1.82, 2.24) is 0 Å². The van der Waals surface area contributed by atoms with Crippen LogP contribution in [-0.2, 0) is 4.74 Å². The minimum Gasteiger partial charge on any atom is -0.374 e. The standard InChI is InChI=1S/C10H18O/c1-10(2,3)9-7-5-4-6-8(7)11-9/h7-9H,4-6H2,1-3H3. The molecule has 0 radical (unpaired) electrons. The molecule has 1 aliphatic heterocycles. The van der Waals surface area contributed by atoms with E-state index in [1.165, 1.54) is 19.3 Å². The van der Waals surface area contributed by atoms with E-state index < -0.39 is 0 Å². The summed E-state index contributed by atoms with van der Waals surface area (Å²) in [5.41, 5.74) is 0.367. The molecule has 0 amide bonds. The zero-order valence-electron chi connectivity index (χ0n) is 7.76. The van der Waals surface area contributed by atoms with Crippen molar-refractivity contribution in [3.8, 4) is 0 Å². The van der Waals surface area contributed by atoms with Gasteiger partial charge in [0.2, 0.25) is 0 Å². The van der Waals surface area contributed by atoms with Crippen molar-refractivity contribution in [2.24, 2.45) is 11.3 Å². The molecule has 0 aromatic rings. The summed E-state index contributed by atoms with van der Waals surface area (Å²) in [6, 6.07) is 0. The second kappa shape index (κ2) is 2.22. The van der Waals surface area contributed by atoms with Crippen molar-refractivity contribution < 1.29 is 4.74 Å². The summed E-state index contributed by atoms with van der Waals surface area (Å²) >= 11 is 0. The Hall–Kier alpha value is -0.0400. The predicted octanol–water partition coefficient (Wildman–Crippen LogP) is 2.60. The van der Waals surface area contributed by atoms with Gasteiger partial charge in [0.05, 0.1) is 12.2 Å². The van der Waals surface area contributed by atoms with Crippen LogP contribution in [0.25, 0.3) is 0 Å². The van der Waals surface area contributed by atoms with Crippen LogP contribution in [0.15, 0.2) is 0 Å². The fraction of sp³-hybridized carbons (Fsp3) is 1.00. The first-order chi connectivity index (χ1) is 5.09. The molecule has 1 saturated carbocycles. The van der Waals surface area contributed by atoms with Gasteiger partial charge in [-0.15, -0.1) is 0 Å². The summed E-state index contributed by atoms with van der Waals surface area (Å²) in [5, 5.41) is 0. The zero-order chi connectivity index (χ0) is 8.06. The van der Waals surface area contributed by atoms with Crippen LogP contribution in [0.4, 0.5) is 0 Å². The highest BCUT2D eigenvalue weighted by Gasteiger charge is 2.49. The fourth-order valence-corrected chi connectivity index (χ4v) is 2.52. The first-order valence-corrected chi connectivity index (χ1v) is 4.74. The van der Waals surface area contributed by atoms with Gasteiger partial charge in [-0.1, -0.05) is 27.2 Å². The van der Waals surface area contributed by atoms with Crippen LogP contribution in [-0.4, -0.2) is 12.2 Å². The maximum Gasteiger partial charge on any atom is 0.0680 e. The van der Waals surface area contributed by atoms with Crippen LogP contribution in [0.1, 0.15) is 40.0 Å². The van der Waals surface area contributed by atoms with E-state index in [0.717, 1.165) is 5.92 Å². The van der Waals surface area contributed by atoms with E-state index in [2.05, 4.69) is 20.8 Å². The number of rotatable bonds is 0. The molecule has 0 N–H and O–H groups in total. The van der Waals surface area contributed by atoms with Crippen molar-refractivity contribution in [2.75, 3.05) is 0 Å². The summed E-state index contributed by atoms with van der Waals surface area (Å²) < 4.78 is 5.83. The van der Waals surface area contributed by atoms with Crippen LogP contribution >= 0.6 is 0 Å². The van der Waals surface area contributed by atoms with Crippen LogP contribution < -0.4 is 0 Å². The van der Waals surface area contributed by atoms with Gasteiger partial charge in [0, 0.05) is 5.92 Å². The van der Waals surface area contributed by atoms with Crippen molar-refractivity contribution in [1.29, 1.82) is 0 Å². The van der Waals surface area contributed by atoms with E-state index in [4.69, 9.17) is 4.74 Å². The largest absolute Gasteiger partial charge is 0.374 e. The average molecular weight is 154 g/mol. The minimum atomic E-state index is 0.367. The lowest BCUT2D eigenvalue weighted by Crippen LogP contribution is -2.52. The van der Waals surface area contributed by atoms with Crippen LogP contribution in [0.5, 0.6) is 0 Å². The third kappa shape index (κ3) is 1.10. The Morgan fingerprint density at radius 1 is 1.18 bits per heavy atom. The van der Waals surface area contributed by atoms with Crippen LogP contribution in [0.2, 0.25) is 0 Å². The smallest absolute Gasteiger partial charge is 0.0680 e. The van der Waals surface area contributed by atoms with Gasteiger partial charge in [0.15, 0.2) is 0 Å². The Morgan fingerprint density at radius 2 is 1.91 bits per heavy atom. The molecule has 1 aliphatic carbocycles. The van der Waals surface area contributed by atoms with Gasteiger partial charge in [-0.05, 0) is 18.3 Å². The highest BCUT2D eigenvalue weighted by Crippen LogP contribution is 2.48. The third-order valence-electron chi connectivity index (χ3n) is 3.07. The second-order valence-electron chi connectivity index (χ2n) is 5.06. The summed E-state index contributed by atoms with van der Waals surface area (Å²) in [5.74, 6) is 0.898. The molecule has 64 valence electrons. The Bertz CT molecular complexity index is 157. The minimum absolute atomic E-state index is 0.367. The van der Waals surface area contributed by atoms with Gasteiger partial charge in [0.1, 0.15) is 0 Å². The molecule has 0 aromatic carbocycles. The number of hydrogen-bond acceptors (Lipinski definition) is 1. The molecule has 3 unspecified atom stereocenters. The molecule has 11 heavy (non-hydrogen) atoms. The van der Waals surface area contributed by atoms with Crippen LogP contribution in [0.3, 0.4) is 0 Å². The third-order valence-corrected chi connectivity index (χ3v) is 3.07. The monoisotopic (exact) mass is 154 g/mol. The van der Waals surface area contributed by atoms with Gasteiger partial charge >= 0.3 is 0 Å². The Labute approximate surface area is 69.1 Å². The molecule has 3 atom stereocenters. The summed E-state index contributed by atoms with van der Waals surface area (Å²) in [6.45, 7) is 6.85. The van der Waals surface area contributed by atoms with Crippen molar-refractivity contribution in [3.63, 3.8) is 0 Å². The molecular weight excluding hydrogens is 136 g/mol. The number of fused-ring (bicyclic) bond motifs is 1. The Morgan fingerprint density at radius 3 is 2.45 bits per heavy atom. The maximum absolute atomic E-state index is 5.83. The van der Waals surface area contributed by atoms with E-state index in [1.807, 2.05) is 0 Å². The average Bonchev–Trinajstić information content (AvgIpc) is 2.08. The molecule has 2 aliphatic rings. The van der Waals surface area contributed by atoms with E-state index in [-0.39, 0.29) is 0 Å². The molecule has 1 nitrogen and oxygen atoms in total. The number of ether oxygens (including phenoxy) is 1. The molecule has 2 fully saturated rings. The molecule has 0 aromatic heterocycles. The highest BCUT2D eigenvalue weighted by atomic mass is 16.5. The molecule has 1 saturated heterocycles. The second-order valence-corrected chi connectivity index (χ2v) is 5.06. The first-order valence-electron chi connectivity index (χ1n) is 4.74. The topological polar surface area (TPSA) is 9.23 Å². The lowest BCUT2D eigenvalue weighted by Gasteiger charge is -2.48. The summed E-state index contributed by atoms with van der Waals surface area (Å²) in [7, 11) is 0. The van der Waals surface area contributed by atoms with Gasteiger partial charge in [-0.3, -0.25) is 0 Å². The maximum atomic E-state index is 5.83.